The molecule has 2 nitrogen and oxygen atoms in total. The van der Waals surface area contributed by atoms with Gasteiger partial charge in [-0.05, 0) is 74.9 Å². The third-order valence-electron chi connectivity index (χ3n) is 4.22. The number of para-hydroxylation sites is 1. The standard InChI is InChI=1S/C20H26FNO/c1-14-11-15(2)20(16(3)12-14)17(13-22)7-6-10-23-19-9-5-4-8-18(19)21/h4-5,8-9,11-12,17H,6-7,10,13,22H2,1-3H3. The van der Waals surface area contributed by atoms with Gasteiger partial charge in [-0.3, -0.25) is 0 Å². The van der Waals surface area contributed by atoms with Crippen molar-refractivity contribution >= 4 is 0 Å². The first-order valence-corrected chi connectivity index (χ1v) is 8.18. The van der Waals surface area contributed by atoms with E-state index in [2.05, 4.69) is 32.9 Å². The average Bonchev–Trinajstić information content (AvgIpc) is 2.50. The zero-order valence-corrected chi connectivity index (χ0v) is 14.2. The Bertz CT molecular complexity index is 631. The molecule has 1 unspecified atom stereocenters. The maximum atomic E-state index is 13.5. The van der Waals surface area contributed by atoms with Crippen LogP contribution in [0.3, 0.4) is 0 Å². The van der Waals surface area contributed by atoms with Crippen molar-refractivity contribution in [1.82, 2.24) is 0 Å². The number of rotatable bonds is 7. The highest BCUT2D eigenvalue weighted by Crippen LogP contribution is 2.28. The van der Waals surface area contributed by atoms with Gasteiger partial charge in [0, 0.05) is 0 Å². The summed E-state index contributed by atoms with van der Waals surface area (Å²) >= 11 is 0. The van der Waals surface area contributed by atoms with Crippen molar-refractivity contribution in [1.29, 1.82) is 0 Å². The number of hydrogen-bond acceptors (Lipinski definition) is 2. The Balaban J connectivity index is 1.95. The van der Waals surface area contributed by atoms with Gasteiger partial charge in [-0.15, -0.1) is 0 Å². The molecule has 2 aromatic rings. The van der Waals surface area contributed by atoms with E-state index < -0.39 is 0 Å². The molecular formula is C20H26FNO. The molecule has 0 aliphatic rings. The van der Waals surface area contributed by atoms with Crippen LogP contribution in [0.2, 0.25) is 0 Å². The van der Waals surface area contributed by atoms with Gasteiger partial charge in [0.25, 0.3) is 0 Å². The first-order chi connectivity index (χ1) is 11.0. The third-order valence-corrected chi connectivity index (χ3v) is 4.22. The molecule has 0 saturated heterocycles. The fourth-order valence-corrected chi connectivity index (χ4v) is 3.29. The van der Waals surface area contributed by atoms with Crippen LogP contribution in [-0.2, 0) is 0 Å². The SMILES string of the molecule is Cc1cc(C)c(C(CN)CCCOc2ccccc2F)c(C)c1. The number of hydrogen-bond donors (Lipinski definition) is 1. The lowest BCUT2D eigenvalue weighted by molar-refractivity contribution is 0.287. The van der Waals surface area contributed by atoms with E-state index in [0.29, 0.717) is 24.8 Å². The first-order valence-electron chi connectivity index (χ1n) is 8.18. The molecule has 0 saturated carbocycles. The van der Waals surface area contributed by atoms with E-state index in [1.54, 1.807) is 18.2 Å². The lowest BCUT2D eigenvalue weighted by atomic mass is 9.86. The maximum Gasteiger partial charge on any atom is 0.165 e. The van der Waals surface area contributed by atoms with Crippen LogP contribution < -0.4 is 10.5 Å². The summed E-state index contributed by atoms with van der Waals surface area (Å²) in [5, 5.41) is 0. The van der Waals surface area contributed by atoms with Crippen LogP contribution in [0.4, 0.5) is 4.39 Å². The van der Waals surface area contributed by atoms with Crippen LogP contribution >= 0.6 is 0 Å². The minimum Gasteiger partial charge on any atom is -0.491 e. The van der Waals surface area contributed by atoms with Crippen molar-refractivity contribution in [2.24, 2.45) is 5.73 Å². The lowest BCUT2D eigenvalue weighted by Gasteiger charge is -2.21. The minimum atomic E-state index is -0.312. The largest absolute Gasteiger partial charge is 0.491 e. The molecule has 0 heterocycles. The van der Waals surface area contributed by atoms with Gasteiger partial charge in [0.15, 0.2) is 11.6 Å². The molecule has 23 heavy (non-hydrogen) atoms. The smallest absolute Gasteiger partial charge is 0.165 e. The Labute approximate surface area is 138 Å². The highest BCUT2D eigenvalue weighted by molar-refractivity contribution is 5.40. The summed E-state index contributed by atoms with van der Waals surface area (Å²) in [5.41, 5.74) is 11.2. The topological polar surface area (TPSA) is 35.2 Å². The van der Waals surface area contributed by atoms with Gasteiger partial charge in [0.05, 0.1) is 6.61 Å². The molecule has 2 rings (SSSR count). The first kappa shape index (κ1) is 17.5. The van der Waals surface area contributed by atoms with Crippen LogP contribution in [0, 0.1) is 26.6 Å². The van der Waals surface area contributed by atoms with Crippen molar-refractivity contribution in [3.8, 4) is 5.75 Å². The fourth-order valence-electron chi connectivity index (χ4n) is 3.29. The molecule has 0 radical (unpaired) electrons. The average molecular weight is 315 g/mol. The number of benzene rings is 2. The normalized spacial score (nSPS) is 12.2. The third kappa shape index (κ3) is 4.55. The second-order valence-electron chi connectivity index (χ2n) is 6.17. The minimum absolute atomic E-state index is 0.312. The Morgan fingerprint density at radius 1 is 1.09 bits per heavy atom. The van der Waals surface area contributed by atoms with Gasteiger partial charge in [0.1, 0.15) is 0 Å². The van der Waals surface area contributed by atoms with E-state index in [1.807, 2.05) is 0 Å². The van der Waals surface area contributed by atoms with Gasteiger partial charge in [0.2, 0.25) is 0 Å². The summed E-state index contributed by atoms with van der Waals surface area (Å²) in [6.07, 6.45) is 1.79. The Kier molecular flexibility index (Phi) is 6.17. The summed E-state index contributed by atoms with van der Waals surface area (Å²) in [7, 11) is 0. The molecule has 0 aliphatic carbocycles. The number of nitrogens with two attached hydrogens (primary N) is 1. The van der Waals surface area contributed by atoms with Gasteiger partial charge in [-0.2, -0.15) is 0 Å². The number of aryl methyl sites for hydroxylation is 3. The molecule has 124 valence electrons. The molecule has 0 fully saturated rings. The summed E-state index contributed by atoms with van der Waals surface area (Å²) < 4.78 is 19.0. The Morgan fingerprint density at radius 3 is 2.35 bits per heavy atom. The second-order valence-corrected chi connectivity index (χ2v) is 6.17. The fraction of sp³-hybridized carbons (Fsp3) is 0.400. The Hall–Kier alpha value is -1.87. The van der Waals surface area contributed by atoms with Crippen LogP contribution in [-0.4, -0.2) is 13.2 Å². The van der Waals surface area contributed by atoms with E-state index >= 15 is 0 Å². The summed E-state index contributed by atoms with van der Waals surface area (Å²) in [6.45, 7) is 7.52. The van der Waals surface area contributed by atoms with Crippen molar-refractivity contribution < 1.29 is 9.13 Å². The predicted molar refractivity (Wildman–Crippen MR) is 93.6 cm³/mol. The van der Waals surface area contributed by atoms with E-state index in [9.17, 15) is 4.39 Å². The summed E-state index contributed by atoms with van der Waals surface area (Å²) in [4.78, 5) is 0. The maximum absolute atomic E-state index is 13.5. The van der Waals surface area contributed by atoms with Crippen LogP contribution in [0.15, 0.2) is 36.4 Å². The van der Waals surface area contributed by atoms with Gasteiger partial charge >= 0.3 is 0 Å². The molecule has 2 aromatic carbocycles. The van der Waals surface area contributed by atoms with Crippen molar-refractivity contribution in [2.45, 2.75) is 39.5 Å². The van der Waals surface area contributed by atoms with Crippen molar-refractivity contribution in [2.75, 3.05) is 13.2 Å². The molecule has 0 bridgehead atoms. The van der Waals surface area contributed by atoms with E-state index in [4.69, 9.17) is 10.5 Å². The zero-order valence-electron chi connectivity index (χ0n) is 14.2. The molecule has 0 aliphatic heterocycles. The number of halogens is 1. The molecule has 0 amide bonds. The summed E-state index contributed by atoms with van der Waals surface area (Å²) in [6, 6.07) is 10.9. The van der Waals surface area contributed by atoms with Gasteiger partial charge < -0.3 is 10.5 Å². The lowest BCUT2D eigenvalue weighted by Crippen LogP contribution is -2.16. The molecule has 3 heteroatoms. The number of ether oxygens (including phenoxy) is 1. The quantitative estimate of drug-likeness (QED) is 0.755. The highest BCUT2D eigenvalue weighted by Gasteiger charge is 2.15. The van der Waals surface area contributed by atoms with Gasteiger partial charge in [-0.1, -0.05) is 29.8 Å². The molecule has 1 atom stereocenters. The van der Waals surface area contributed by atoms with E-state index in [-0.39, 0.29) is 5.82 Å². The van der Waals surface area contributed by atoms with Crippen molar-refractivity contribution in [3.63, 3.8) is 0 Å². The Morgan fingerprint density at radius 2 is 1.74 bits per heavy atom. The monoisotopic (exact) mass is 315 g/mol. The van der Waals surface area contributed by atoms with Crippen LogP contribution in [0.1, 0.15) is 41.0 Å². The molecule has 0 aromatic heterocycles. The molecular weight excluding hydrogens is 289 g/mol. The van der Waals surface area contributed by atoms with E-state index in [0.717, 1.165) is 12.8 Å². The second kappa shape index (κ2) is 8.11. The van der Waals surface area contributed by atoms with Crippen LogP contribution in [0.25, 0.3) is 0 Å². The highest BCUT2D eigenvalue weighted by atomic mass is 19.1. The van der Waals surface area contributed by atoms with Gasteiger partial charge in [-0.25, -0.2) is 4.39 Å². The van der Waals surface area contributed by atoms with Crippen molar-refractivity contribution in [3.05, 3.63) is 64.5 Å². The van der Waals surface area contributed by atoms with E-state index in [1.165, 1.54) is 28.3 Å². The molecule has 0 spiro atoms. The summed E-state index contributed by atoms with van der Waals surface area (Å²) in [5.74, 6) is 0.326. The predicted octanol–water partition coefficient (Wildman–Crippen LogP) is 4.65. The van der Waals surface area contributed by atoms with Crippen LogP contribution in [0.5, 0.6) is 5.75 Å². The zero-order chi connectivity index (χ0) is 16.8. The molecule has 2 N–H and O–H groups in total.